The van der Waals surface area contributed by atoms with Crippen molar-refractivity contribution >= 4 is 21.6 Å². The minimum Gasteiger partial charge on any atom is -0.491 e. The number of halogens is 1. The summed E-state index contributed by atoms with van der Waals surface area (Å²) in [6, 6.07) is 18.0. The van der Waals surface area contributed by atoms with Gasteiger partial charge in [-0.3, -0.25) is 9.52 Å². The van der Waals surface area contributed by atoms with Gasteiger partial charge in [0.25, 0.3) is 15.9 Å². The van der Waals surface area contributed by atoms with Gasteiger partial charge in [0.05, 0.1) is 11.0 Å². The molecular formula is C23H23FN2O4S. The van der Waals surface area contributed by atoms with E-state index in [9.17, 15) is 17.6 Å². The first kappa shape index (κ1) is 22.3. The van der Waals surface area contributed by atoms with Crippen LogP contribution in [0.15, 0.2) is 77.7 Å². The number of benzene rings is 3. The largest absolute Gasteiger partial charge is 0.491 e. The molecule has 0 unspecified atom stereocenters. The molecule has 1 amide bonds. The highest BCUT2D eigenvalue weighted by Gasteiger charge is 2.14. The molecule has 0 aromatic heterocycles. The maximum Gasteiger partial charge on any atom is 0.261 e. The van der Waals surface area contributed by atoms with Crippen LogP contribution in [0.4, 0.5) is 10.1 Å². The number of hydrogen-bond acceptors (Lipinski definition) is 4. The Morgan fingerprint density at radius 3 is 2.13 bits per heavy atom. The van der Waals surface area contributed by atoms with Crippen molar-refractivity contribution in [1.82, 2.24) is 5.32 Å². The van der Waals surface area contributed by atoms with Gasteiger partial charge < -0.3 is 10.1 Å². The van der Waals surface area contributed by atoms with E-state index in [0.29, 0.717) is 17.8 Å². The molecular weight excluding hydrogens is 419 g/mol. The van der Waals surface area contributed by atoms with Gasteiger partial charge >= 0.3 is 0 Å². The van der Waals surface area contributed by atoms with Crippen molar-refractivity contribution in [1.29, 1.82) is 0 Å². The summed E-state index contributed by atoms with van der Waals surface area (Å²) in [5.41, 5.74) is 1.61. The molecule has 0 aliphatic carbocycles. The van der Waals surface area contributed by atoms with Crippen LogP contribution in [0.2, 0.25) is 0 Å². The molecule has 31 heavy (non-hydrogen) atoms. The van der Waals surface area contributed by atoms with E-state index in [1.54, 1.807) is 0 Å². The minimum atomic E-state index is -3.85. The van der Waals surface area contributed by atoms with E-state index in [-0.39, 0.29) is 16.9 Å². The van der Waals surface area contributed by atoms with E-state index in [4.69, 9.17) is 4.74 Å². The summed E-state index contributed by atoms with van der Waals surface area (Å²) in [5.74, 6) is -0.0339. The molecule has 0 saturated carbocycles. The standard InChI is InChI=1S/C23H23FN2O4S/c1-16(2)30-21-11-3-17(4-12-21)15-25-23(27)18-5-9-20(10-6-18)26-31(28,29)22-13-7-19(24)8-14-22/h3-14,16,26H,15H2,1-2H3,(H,25,27). The summed E-state index contributed by atoms with van der Waals surface area (Å²) in [7, 11) is -3.85. The van der Waals surface area contributed by atoms with Gasteiger partial charge in [-0.2, -0.15) is 0 Å². The molecule has 0 aliphatic rings. The molecule has 0 aliphatic heterocycles. The van der Waals surface area contributed by atoms with Crippen LogP contribution >= 0.6 is 0 Å². The highest BCUT2D eigenvalue weighted by atomic mass is 32.2. The third-order valence-electron chi connectivity index (χ3n) is 4.27. The SMILES string of the molecule is CC(C)Oc1ccc(CNC(=O)c2ccc(NS(=O)(=O)c3ccc(F)cc3)cc2)cc1. The average Bonchev–Trinajstić information content (AvgIpc) is 2.73. The van der Waals surface area contributed by atoms with Gasteiger partial charge in [-0.15, -0.1) is 0 Å². The van der Waals surface area contributed by atoms with Crippen molar-refractivity contribution in [2.24, 2.45) is 0 Å². The van der Waals surface area contributed by atoms with E-state index in [2.05, 4.69) is 10.0 Å². The Bertz CT molecular complexity index is 1130. The van der Waals surface area contributed by atoms with Gasteiger partial charge in [0.2, 0.25) is 0 Å². The smallest absolute Gasteiger partial charge is 0.261 e. The highest BCUT2D eigenvalue weighted by Crippen LogP contribution is 2.18. The maximum atomic E-state index is 13.0. The molecule has 162 valence electrons. The number of anilines is 1. The lowest BCUT2D eigenvalue weighted by molar-refractivity contribution is 0.0951. The molecule has 3 rings (SSSR count). The second-order valence-corrected chi connectivity index (χ2v) is 8.81. The third kappa shape index (κ3) is 6.29. The molecule has 2 N–H and O–H groups in total. The first-order chi connectivity index (χ1) is 14.7. The van der Waals surface area contributed by atoms with Crippen LogP contribution in [-0.4, -0.2) is 20.4 Å². The van der Waals surface area contributed by atoms with Crippen molar-refractivity contribution in [3.05, 3.63) is 89.7 Å². The Labute approximate surface area is 181 Å². The Morgan fingerprint density at radius 2 is 1.55 bits per heavy atom. The number of carbonyl (C=O) groups is 1. The first-order valence-electron chi connectivity index (χ1n) is 9.65. The Morgan fingerprint density at radius 1 is 0.935 bits per heavy atom. The fourth-order valence-electron chi connectivity index (χ4n) is 2.76. The summed E-state index contributed by atoms with van der Waals surface area (Å²) in [6.07, 6.45) is 0.0914. The Hall–Kier alpha value is -3.39. The van der Waals surface area contributed by atoms with Crippen molar-refractivity contribution in [3.8, 4) is 5.75 Å². The third-order valence-corrected chi connectivity index (χ3v) is 5.67. The quantitative estimate of drug-likeness (QED) is 0.543. The van der Waals surface area contributed by atoms with Gasteiger partial charge in [0, 0.05) is 17.8 Å². The molecule has 0 bridgehead atoms. The molecule has 8 heteroatoms. The van der Waals surface area contributed by atoms with E-state index in [0.717, 1.165) is 23.4 Å². The lowest BCUT2D eigenvalue weighted by Crippen LogP contribution is -2.22. The fraction of sp³-hybridized carbons (Fsp3) is 0.174. The second kappa shape index (κ2) is 9.61. The Balaban J connectivity index is 1.58. The van der Waals surface area contributed by atoms with Crippen LogP contribution in [0.5, 0.6) is 5.75 Å². The normalized spacial score (nSPS) is 11.2. The number of carbonyl (C=O) groups excluding carboxylic acids is 1. The number of sulfonamides is 1. The van der Waals surface area contributed by atoms with Gasteiger partial charge in [-0.25, -0.2) is 12.8 Å². The zero-order valence-corrected chi connectivity index (χ0v) is 17.9. The number of hydrogen-bond donors (Lipinski definition) is 2. The van der Waals surface area contributed by atoms with Crippen LogP contribution in [0.25, 0.3) is 0 Å². The number of nitrogens with one attached hydrogen (secondary N) is 2. The average molecular weight is 443 g/mol. The van der Waals surface area contributed by atoms with Gasteiger partial charge in [0.1, 0.15) is 11.6 Å². The topological polar surface area (TPSA) is 84.5 Å². The minimum absolute atomic E-state index is 0.0551. The maximum absolute atomic E-state index is 13.0. The molecule has 0 heterocycles. The van der Waals surface area contributed by atoms with Gasteiger partial charge in [-0.05, 0) is 80.1 Å². The summed E-state index contributed by atoms with van der Waals surface area (Å²) >= 11 is 0. The van der Waals surface area contributed by atoms with Crippen molar-refractivity contribution in [3.63, 3.8) is 0 Å². The molecule has 0 atom stereocenters. The van der Waals surface area contributed by atoms with E-state index >= 15 is 0 Å². The Kier molecular flexibility index (Phi) is 6.91. The molecule has 3 aromatic rings. The molecule has 3 aromatic carbocycles. The van der Waals surface area contributed by atoms with Gasteiger partial charge in [-0.1, -0.05) is 12.1 Å². The molecule has 6 nitrogen and oxygen atoms in total. The lowest BCUT2D eigenvalue weighted by atomic mass is 10.1. The predicted octanol–water partition coefficient (Wildman–Crippen LogP) is 4.34. The molecule has 0 fully saturated rings. The van der Waals surface area contributed by atoms with E-state index in [1.165, 1.54) is 36.4 Å². The second-order valence-electron chi connectivity index (χ2n) is 7.13. The number of rotatable bonds is 8. The highest BCUT2D eigenvalue weighted by molar-refractivity contribution is 7.92. The fourth-order valence-corrected chi connectivity index (χ4v) is 3.82. The summed E-state index contributed by atoms with van der Waals surface area (Å²) in [4.78, 5) is 12.3. The summed E-state index contributed by atoms with van der Waals surface area (Å²) in [5, 5.41) is 2.82. The monoisotopic (exact) mass is 442 g/mol. The van der Waals surface area contributed by atoms with Crippen LogP contribution < -0.4 is 14.8 Å². The lowest BCUT2D eigenvalue weighted by Gasteiger charge is -2.11. The van der Waals surface area contributed by atoms with Crippen LogP contribution in [0.1, 0.15) is 29.8 Å². The number of amides is 1. The van der Waals surface area contributed by atoms with Crippen LogP contribution in [-0.2, 0) is 16.6 Å². The first-order valence-corrected chi connectivity index (χ1v) is 11.1. The number of ether oxygens (including phenoxy) is 1. The van der Waals surface area contributed by atoms with Crippen molar-refractivity contribution < 1.29 is 22.3 Å². The zero-order valence-electron chi connectivity index (χ0n) is 17.1. The summed E-state index contributed by atoms with van der Waals surface area (Å²) < 4.78 is 45.7. The van der Waals surface area contributed by atoms with Crippen LogP contribution in [0, 0.1) is 5.82 Å². The van der Waals surface area contributed by atoms with E-state index in [1.807, 2.05) is 38.1 Å². The molecule has 0 radical (unpaired) electrons. The summed E-state index contributed by atoms with van der Waals surface area (Å²) in [6.45, 7) is 4.25. The van der Waals surface area contributed by atoms with Crippen molar-refractivity contribution in [2.75, 3.05) is 4.72 Å². The molecule has 0 spiro atoms. The van der Waals surface area contributed by atoms with Crippen LogP contribution in [0.3, 0.4) is 0 Å². The van der Waals surface area contributed by atoms with Crippen molar-refractivity contribution in [2.45, 2.75) is 31.4 Å². The predicted molar refractivity (Wildman–Crippen MR) is 117 cm³/mol. The van der Waals surface area contributed by atoms with Gasteiger partial charge in [0.15, 0.2) is 0 Å². The zero-order chi connectivity index (χ0) is 22.4. The molecule has 0 saturated heterocycles. The van der Waals surface area contributed by atoms with E-state index < -0.39 is 15.8 Å².